The van der Waals surface area contributed by atoms with Crippen LogP contribution in [-0.4, -0.2) is 42.3 Å². The lowest BCUT2D eigenvalue weighted by Gasteiger charge is -2.34. The largest absolute Gasteiger partial charge is 0.371 e. The fraction of sp³-hybridized carbons (Fsp3) is 0.318. The van der Waals surface area contributed by atoms with Gasteiger partial charge in [0.25, 0.3) is 0 Å². The van der Waals surface area contributed by atoms with Crippen LogP contribution < -0.4 is 15.5 Å². The molecule has 2 N–H and O–H groups in total. The third-order valence-electron chi connectivity index (χ3n) is 5.19. The smallest absolute Gasteiger partial charge is 0.246 e. The molecule has 0 atom stereocenters. The highest BCUT2D eigenvalue weighted by molar-refractivity contribution is 6.30. The number of guanidine groups is 1. The Kier molecular flexibility index (Phi) is 6.66. The molecule has 0 unspecified atom stereocenters. The minimum Gasteiger partial charge on any atom is -0.371 e. The van der Waals surface area contributed by atoms with Crippen LogP contribution in [0, 0.1) is 5.82 Å². The van der Waals surface area contributed by atoms with Crippen molar-refractivity contribution in [3.05, 3.63) is 65.3 Å². The lowest BCUT2D eigenvalue weighted by molar-refractivity contribution is 0.374. The maximum atomic E-state index is 13.5. The molecule has 1 aliphatic heterocycles. The van der Waals surface area contributed by atoms with Gasteiger partial charge in [-0.05, 0) is 43.2 Å². The molecule has 0 aliphatic carbocycles. The normalized spacial score (nSPS) is 15.2. The molecular formula is C22H24ClFN6O. The van der Waals surface area contributed by atoms with E-state index in [0.29, 0.717) is 29.2 Å². The van der Waals surface area contributed by atoms with E-state index >= 15 is 0 Å². The Morgan fingerprint density at radius 1 is 1.23 bits per heavy atom. The van der Waals surface area contributed by atoms with Crippen LogP contribution in [-0.2, 0) is 6.54 Å². The predicted molar refractivity (Wildman–Crippen MR) is 120 cm³/mol. The Bertz CT molecular complexity index is 1050. The maximum absolute atomic E-state index is 13.5. The summed E-state index contributed by atoms with van der Waals surface area (Å²) in [6.45, 7) is 2.06. The van der Waals surface area contributed by atoms with E-state index < -0.39 is 0 Å². The summed E-state index contributed by atoms with van der Waals surface area (Å²) in [7, 11) is 1.72. The zero-order chi connectivity index (χ0) is 21.6. The van der Waals surface area contributed by atoms with Crippen LogP contribution in [0.1, 0.15) is 18.7 Å². The van der Waals surface area contributed by atoms with Crippen molar-refractivity contribution < 1.29 is 8.91 Å². The van der Waals surface area contributed by atoms with Gasteiger partial charge in [0.15, 0.2) is 5.96 Å². The number of piperidine rings is 1. The van der Waals surface area contributed by atoms with Gasteiger partial charge in [0.2, 0.25) is 11.7 Å². The van der Waals surface area contributed by atoms with E-state index in [0.717, 1.165) is 37.2 Å². The number of rotatable bonds is 5. The quantitative estimate of drug-likeness (QED) is 0.461. The van der Waals surface area contributed by atoms with Crippen LogP contribution in [0.3, 0.4) is 0 Å². The topological polar surface area (TPSA) is 78.6 Å². The molecule has 2 heterocycles. The first kappa shape index (κ1) is 21.1. The predicted octanol–water partition coefficient (Wildman–Crippen LogP) is 3.86. The van der Waals surface area contributed by atoms with Gasteiger partial charge in [0.05, 0.1) is 6.54 Å². The van der Waals surface area contributed by atoms with Gasteiger partial charge in [0, 0.05) is 42.5 Å². The molecule has 0 amide bonds. The summed E-state index contributed by atoms with van der Waals surface area (Å²) in [6.07, 6.45) is 1.85. The van der Waals surface area contributed by atoms with E-state index in [1.807, 2.05) is 18.2 Å². The van der Waals surface area contributed by atoms with E-state index in [4.69, 9.17) is 16.1 Å². The van der Waals surface area contributed by atoms with Gasteiger partial charge in [-0.15, -0.1) is 0 Å². The van der Waals surface area contributed by atoms with Crippen LogP contribution in [0.4, 0.5) is 10.1 Å². The highest BCUT2D eigenvalue weighted by Gasteiger charge is 2.20. The molecule has 0 spiro atoms. The maximum Gasteiger partial charge on any atom is 0.246 e. The third-order valence-corrected chi connectivity index (χ3v) is 5.43. The number of halogens is 2. The lowest BCUT2D eigenvalue weighted by Crippen LogP contribution is -2.48. The first-order valence-electron chi connectivity index (χ1n) is 10.2. The molecule has 1 aromatic heterocycles. The first-order valence-corrected chi connectivity index (χ1v) is 10.5. The second-order valence-electron chi connectivity index (χ2n) is 7.33. The number of hydrogen-bond acceptors (Lipinski definition) is 5. The second kappa shape index (κ2) is 9.78. The van der Waals surface area contributed by atoms with Crippen molar-refractivity contribution >= 4 is 23.2 Å². The van der Waals surface area contributed by atoms with E-state index in [1.54, 1.807) is 31.3 Å². The van der Waals surface area contributed by atoms with Crippen LogP contribution >= 0.6 is 11.6 Å². The summed E-state index contributed by atoms with van der Waals surface area (Å²) in [4.78, 5) is 10.9. The summed E-state index contributed by atoms with van der Waals surface area (Å²) in [6, 6.07) is 14.3. The minimum absolute atomic E-state index is 0.207. The molecular weight excluding hydrogens is 419 g/mol. The van der Waals surface area contributed by atoms with Crippen LogP contribution in [0.5, 0.6) is 0 Å². The zero-order valence-corrected chi connectivity index (χ0v) is 17.9. The Morgan fingerprint density at radius 2 is 2.03 bits per heavy atom. The molecule has 1 fully saturated rings. The van der Waals surface area contributed by atoms with Gasteiger partial charge in [-0.1, -0.05) is 35.0 Å². The number of hydrogen-bond donors (Lipinski definition) is 2. The SMILES string of the molecule is CN=C(NCc1nc(-c2cccc(Cl)c2)no1)NC1CCN(c2cccc(F)c2)CC1. The van der Waals surface area contributed by atoms with Crippen molar-refractivity contribution in [1.82, 2.24) is 20.8 Å². The highest BCUT2D eigenvalue weighted by atomic mass is 35.5. The molecule has 162 valence electrons. The van der Waals surface area contributed by atoms with Gasteiger partial charge >= 0.3 is 0 Å². The molecule has 1 aliphatic rings. The molecule has 9 heteroatoms. The van der Waals surface area contributed by atoms with Crippen LogP contribution in [0.25, 0.3) is 11.4 Å². The van der Waals surface area contributed by atoms with E-state index in [1.165, 1.54) is 6.07 Å². The van der Waals surface area contributed by atoms with Crippen molar-refractivity contribution in [1.29, 1.82) is 0 Å². The number of nitrogens with one attached hydrogen (secondary N) is 2. The fourth-order valence-electron chi connectivity index (χ4n) is 3.57. The van der Waals surface area contributed by atoms with Crippen molar-refractivity contribution in [3.8, 4) is 11.4 Å². The zero-order valence-electron chi connectivity index (χ0n) is 17.2. The summed E-state index contributed by atoms with van der Waals surface area (Å²) in [5.41, 5.74) is 1.72. The molecule has 1 saturated heterocycles. The summed E-state index contributed by atoms with van der Waals surface area (Å²) < 4.78 is 18.8. The standard InChI is InChI=1S/C22H24ClFN6O/c1-25-22(26-14-20-28-21(29-31-20)15-4-2-5-16(23)12-15)27-18-8-10-30(11-9-18)19-7-3-6-17(24)13-19/h2-7,12-13,18H,8-11,14H2,1H3,(H2,25,26,27). The van der Waals surface area contributed by atoms with Crippen molar-refractivity contribution in [3.63, 3.8) is 0 Å². The molecule has 7 nitrogen and oxygen atoms in total. The summed E-state index contributed by atoms with van der Waals surface area (Å²) in [5.74, 6) is 1.42. The van der Waals surface area contributed by atoms with E-state index in [9.17, 15) is 4.39 Å². The van der Waals surface area contributed by atoms with E-state index in [-0.39, 0.29) is 11.9 Å². The van der Waals surface area contributed by atoms with Gasteiger partial charge in [-0.3, -0.25) is 4.99 Å². The van der Waals surface area contributed by atoms with Crippen LogP contribution in [0.15, 0.2) is 58.0 Å². The second-order valence-corrected chi connectivity index (χ2v) is 7.77. The number of benzene rings is 2. The molecule has 3 aromatic rings. The van der Waals surface area contributed by atoms with Crippen molar-refractivity contribution in [2.45, 2.75) is 25.4 Å². The van der Waals surface area contributed by atoms with Gasteiger partial charge in [0.1, 0.15) is 5.82 Å². The molecule has 0 saturated carbocycles. The number of anilines is 1. The first-order chi connectivity index (χ1) is 15.1. The van der Waals surface area contributed by atoms with Crippen molar-refractivity contribution in [2.24, 2.45) is 4.99 Å². The Hall–Kier alpha value is -3.13. The summed E-state index contributed by atoms with van der Waals surface area (Å²) in [5, 5.41) is 11.3. The number of aliphatic imine (C=N–C) groups is 1. The molecule has 31 heavy (non-hydrogen) atoms. The average Bonchev–Trinajstić information content (AvgIpc) is 3.26. The minimum atomic E-state index is -0.207. The Labute approximate surface area is 185 Å². The van der Waals surface area contributed by atoms with E-state index in [2.05, 4.69) is 30.7 Å². The number of nitrogens with zero attached hydrogens (tertiary/aromatic N) is 4. The lowest BCUT2D eigenvalue weighted by atomic mass is 10.0. The summed E-state index contributed by atoms with van der Waals surface area (Å²) >= 11 is 6.02. The monoisotopic (exact) mass is 442 g/mol. The van der Waals surface area contributed by atoms with Gasteiger partial charge < -0.3 is 20.1 Å². The van der Waals surface area contributed by atoms with Gasteiger partial charge in [-0.2, -0.15) is 4.98 Å². The Morgan fingerprint density at radius 3 is 2.77 bits per heavy atom. The molecule has 0 radical (unpaired) electrons. The molecule has 0 bridgehead atoms. The third kappa shape index (κ3) is 5.52. The highest BCUT2D eigenvalue weighted by Crippen LogP contribution is 2.21. The van der Waals surface area contributed by atoms with Crippen molar-refractivity contribution in [2.75, 3.05) is 25.0 Å². The number of aromatic nitrogens is 2. The molecule has 2 aromatic carbocycles. The molecule has 4 rings (SSSR count). The average molecular weight is 443 g/mol. The van der Waals surface area contributed by atoms with Gasteiger partial charge in [-0.25, -0.2) is 4.39 Å². The fourth-order valence-corrected chi connectivity index (χ4v) is 3.76. The van der Waals surface area contributed by atoms with Crippen LogP contribution in [0.2, 0.25) is 5.02 Å². The Balaban J connectivity index is 1.27.